The zero-order valence-electron chi connectivity index (χ0n) is 11.2. The number of aromatic nitrogens is 6. The number of fused-ring (bicyclic) bond motifs is 7. The molecule has 0 aliphatic carbocycles. The molecule has 4 aromatic heterocycles. The van der Waals surface area contributed by atoms with Crippen molar-refractivity contribution in [2.75, 3.05) is 0 Å². The molecule has 4 heterocycles. The summed E-state index contributed by atoms with van der Waals surface area (Å²) in [5.41, 5.74) is 5.78. The Hall–Kier alpha value is -3.02. The van der Waals surface area contributed by atoms with Gasteiger partial charge in [0.05, 0.1) is 33.6 Å². The maximum atomic E-state index is 4.51. The molecule has 5 aromatic rings. The lowest BCUT2D eigenvalue weighted by Gasteiger charge is -1.96. The number of aromatic amines is 1. The van der Waals surface area contributed by atoms with E-state index in [4.69, 9.17) is 0 Å². The van der Waals surface area contributed by atoms with Crippen LogP contribution < -0.4 is 0 Å². The highest BCUT2D eigenvalue weighted by Crippen LogP contribution is 2.34. The average Bonchev–Trinajstić information content (AvgIpc) is 3.04. The number of H-pyrrole nitrogens is 1. The van der Waals surface area contributed by atoms with E-state index in [1.165, 1.54) is 0 Å². The molecule has 0 aliphatic rings. The van der Waals surface area contributed by atoms with Gasteiger partial charge in [0.15, 0.2) is 5.65 Å². The Balaban J connectivity index is 2.16. The Morgan fingerprint density at radius 1 is 1.05 bits per heavy atom. The van der Waals surface area contributed by atoms with E-state index in [1.807, 2.05) is 7.05 Å². The van der Waals surface area contributed by atoms with E-state index in [2.05, 4.69) is 41.6 Å². The van der Waals surface area contributed by atoms with E-state index in [0.717, 1.165) is 44.0 Å². The molecule has 0 aliphatic heterocycles. The first kappa shape index (κ1) is 10.7. The van der Waals surface area contributed by atoms with Gasteiger partial charge in [0.2, 0.25) is 0 Å². The highest BCUT2D eigenvalue weighted by atomic mass is 15.0. The van der Waals surface area contributed by atoms with Crippen LogP contribution in [0.5, 0.6) is 0 Å². The fourth-order valence-electron chi connectivity index (χ4n) is 3.08. The summed E-state index contributed by atoms with van der Waals surface area (Å²) in [5, 5.41) is 2.16. The number of benzene rings is 1. The van der Waals surface area contributed by atoms with Crippen LogP contribution in [0.3, 0.4) is 0 Å². The number of nitrogens with one attached hydrogen (secondary N) is 1. The summed E-state index contributed by atoms with van der Waals surface area (Å²) in [5.74, 6) is 0. The van der Waals surface area contributed by atoms with E-state index >= 15 is 0 Å². The summed E-state index contributed by atoms with van der Waals surface area (Å²) in [4.78, 5) is 20.8. The first-order valence-electron chi connectivity index (χ1n) is 6.64. The fraction of sp³-hybridized carbons (Fsp3) is 0.0667. The molecular formula is C15H10N6. The van der Waals surface area contributed by atoms with Crippen molar-refractivity contribution in [3.63, 3.8) is 0 Å². The van der Waals surface area contributed by atoms with Gasteiger partial charge in [-0.2, -0.15) is 0 Å². The number of hydrogen-bond donors (Lipinski definition) is 1. The monoisotopic (exact) mass is 274 g/mol. The van der Waals surface area contributed by atoms with Crippen LogP contribution in [0.15, 0.2) is 37.1 Å². The lowest BCUT2D eigenvalue weighted by atomic mass is 10.1. The molecule has 0 saturated heterocycles. The average molecular weight is 274 g/mol. The first-order chi connectivity index (χ1) is 10.3. The van der Waals surface area contributed by atoms with Gasteiger partial charge in [0.25, 0.3) is 0 Å². The molecule has 6 heteroatoms. The van der Waals surface area contributed by atoms with Gasteiger partial charge in [0, 0.05) is 24.8 Å². The predicted molar refractivity (Wildman–Crippen MR) is 81.0 cm³/mol. The van der Waals surface area contributed by atoms with Crippen molar-refractivity contribution in [2.45, 2.75) is 0 Å². The van der Waals surface area contributed by atoms with Crippen molar-refractivity contribution in [3.05, 3.63) is 37.1 Å². The molecule has 0 unspecified atom stereocenters. The molecule has 5 rings (SSSR count). The summed E-state index contributed by atoms with van der Waals surface area (Å²) < 4.78 is 2.06. The van der Waals surface area contributed by atoms with E-state index in [9.17, 15) is 0 Å². The van der Waals surface area contributed by atoms with Crippen LogP contribution in [-0.2, 0) is 7.05 Å². The molecule has 100 valence electrons. The minimum atomic E-state index is 0.879. The Morgan fingerprint density at radius 2 is 1.95 bits per heavy atom. The summed E-state index contributed by atoms with van der Waals surface area (Å²) >= 11 is 0. The predicted octanol–water partition coefficient (Wildman–Crippen LogP) is 2.55. The summed E-state index contributed by atoms with van der Waals surface area (Å²) in [6, 6.07) is 4.18. The SMILES string of the molecule is Cn1c2ccc3c4ncncc4[nH]c3c2c2nccnc21. The van der Waals surface area contributed by atoms with Crippen LogP contribution in [0.2, 0.25) is 0 Å². The molecular weight excluding hydrogens is 264 g/mol. The molecule has 6 nitrogen and oxygen atoms in total. The van der Waals surface area contributed by atoms with Gasteiger partial charge in [-0.05, 0) is 12.1 Å². The van der Waals surface area contributed by atoms with Crippen molar-refractivity contribution >= 4 is 44.0 Å². The van der Waals surface area contributed by atoms with Gasteiger partial charge in [0.1, 0.15) is 11.8 Å². The van der Waals surface area contributed by atoms with Gasteiger partial charge in [-0.25, -0.2) is 15.0 Å². The van der Waals surface area contributed by atoms with Gasteiger partial charge < -0.3 is 9.55 Å². The molecule has 0 spiro atoms. The zero-order valence-corrected chi connectivity index (χ0v) is 11.2. The second-order valence-corrected chi connectivity index (χ2v) is 5.08. The Kier molecular flexibility index (Phi) is 1.81. The highest BCUT2D eigenvalue weighted by molar-refractivity contribution is 6.22. The lowest BCUT2D eigenvalue weighted by molar-refractivity contribution is 0.986. The third-order valence-electron chi connectivity index (χ3n) is 4.01. The molecule has 21 heavy (non-hydrogen) atoms. The first-order valence-corrected chi connectivity index (χ1v) is 6.64. The minimum absolute atomic E-state index is 0.879. The summed E-state index contributed by atoms with van der Waals surface area (Å²) in [7, 11) is 2.01. The van der Waals surface area contributed by atoms with Crippen LogP contribution in [-0.4, -0.2) is 29.5 Å². The van der Waals surface area contributed by atoms with Crippen molar-refractivity contribution in [1.29, 1.82) is 0 Å². The Morgan fingerprint density at radius 3 is 2.90 bits per heavy atom. The topological polar surface area (TPSA) is 72.3 Å². The van der Waals surface area contributed by atoms with E-state index in [1.54, 1.807) is 24.9 Å². The number of rotatable bonds is 0. The van der Waals surface area contributed by atoms with Crippen molar-refractivity contribution in [1.82, 2.24) is 29.5 Å². The third-order valence-corrected chi connectivity index (χ3v) is 4.01. The van der Waals surface area contributed by atoms with E-state index < -0.39 is 0 Å². The fourth-order valence-corrected chi connectivity index (χ4v) is 3.08. The molecule has 0 amide bonds. The standard InChI is InChI=1S/C15H10N6/c1-21-10-3-2-8-12-9(6-16-7-19-12)20-13(8)11(10)14-15(21)18-5-4-17-14/h2-7,20H,1H3. The number of hydrogen-bond acceptors (Lipinski definition) is 4. The maximum absolute atomic E-state index is 4.51. The normalized spacial score (nSPS) is 12.0. The van der Waals surface area contributed by atoms with Crippen LogP contribution in [0.4, 0.5) is 0 Å². The van der Waals surface area contributed by atoms with Crippen molar-refractivity contribution < 1.29 is 0 Å². The summed E-state index contributed by atoms with van der Waals surface area (Å²) in [6.45, 7) is 0. The summed E-state index contributed by atoms with van der Waals surface area (Å²) in [6.07, 6.45) is 6.81. The Bertz CT molecular complexity index is 1150. The molecule has 0 radical (unpaired) electrons. The van der Waals surface area contributed by atoms with Crippen LogP contribution >= 0.6 is 0 Å². The molecule has 1 aromatic carbocycles. The maximum Gasteiger partial charge on any atom is 0.159 e. The Labute approximate surface area is 118 Å². The van der Waals surface area contributed by atoms with Crippen LogP contribution in [0.1, 0.15) is 0 Å². The smallest absolute Gasteiger partial charge is 0.159 e. The number of nitrogens with zero attached hydrogens (tertiary/aromatic N) is 5. The van der Waals surface area contributed by atoms with Gasteiger partial charge in [-0.1, -0.05) is 0 Å². The molecule has 0 saturated carbocycles. The largest absolute Gasteiger partial charge is 0.351 e. The van der Waals surface area contributed by atoms with Gasteiger partial charge in [-0.15, -0.1) is 0 Å². The third kappa shape index (κ3) is 1.22. The second kappa shape index (κ2) is 3.54. The molecule has 1 N–H and O–H groups in total. The second-order valence-electron chi connectivity index (χ2n) is 5.08. The quantitative estimate of drug-likeness (QED) is 0.471. The highest BCUT2D eigenvalue weighted by Gasteiger charge is 2.16. The van der Waals surface area contributed by atoms with Crippen molar-refractivity contribution in [3.8, 4) is 0 Å². The molecule has 0 atom stereocenters. The molecule has 0 bridgehead atoms. The van der Waals surface area contributed by atoms with E-state index in [-0.39, 0.29) is 0 Å². The lowest BCUT2D eigenvalue weighted by Crippen LogP contribution is -1.88. The zero-order chi connectivity index (χ0) is 14.0. The minimum Gasteiger partial charge on any atom is -0.351 e. The van der Waals surface area contributed by atoms with Gasteiger partial charge >= 0.3 is 0 Å². The van der Waals surface area contributed by atoms with Gasteiger partial charge in [-0.3, -0.25) is 4.98 Å². The number of aryl methyl sites for hydroxylation is 1. The van der Waals surface area contributed by atoms with E-state index in [0.29, 0.717) is 0 Å². The van der Waals surface area contributed by atoms with Crippen LogP contribution in [0.25, 0.3) is 44.0 Å². The van der Waals surface area contributed by atoms with Crippen molar-refractivity contribution in [2.24, 2.45) is 7.05 Å². The van der Waals surface area contributed by atoms with Crippen LogP contribution in [0, 0.1) is 0 Å². The molecule has 0 fully saturated rings.